The van der Waals surface area contributed by atoms with Crippen LogP contribution in [0.1, 0.15) is 52.5 Å². The largest absolute Gasteiger partial charge is 0.128 e. The van der Waals surface area contributed by atoms with E-state index in [1.165, 1.54) is 28.0 Å². The van der Waals surface area contributed by atoms with Gasteiger partial charge in [-0.25, -0.2) is 0 Å². The molecule has 132 valence electrons. The molecular weight excluding hydrogens is 308 g/mol. The number of allylic oxidation sites excluding steroid dienone is 6. The Bertz CT molecular complexity index is 534. The molecule has 0 fully saturated rings. The zero-order valence-electron chi connectivity index (χ0n) is 16.1. The lowest BCUT2D eigenvalue weighted by Crippen LogP contribution is -1.94. The van der Waals surface area contributed by atoms with Crippen LogP contribution in [-0.4, -0.2) is 5.25 Å². The topological polar surface area (TPSA) is 0 Å². The average molecular weight is 343 g/mol. The highest BCUT2D eigenvalue weighted by Crippen LogP contribution is 2.30. The fraction of sp³-hybridized carbons (Fsp3) is 0.391. The highest BCUT2D eigenvalue weighted by Gasteiger charge is 2.07. The van der Waals surface area contributed by atoms with Crippen molar-refractivity contribution in [1.29, 1.82) is 0 Å². The average Bonchev–Trinajstić information content (AvgIpc) is 3.12. The van der Waals surface area contributed by atoms with Gasteiger partial charge in [-0.2, -0.15) is 0 Å². The summed E-state index contributed by atoms with van der Waals surface area (Å²) in [4.78, 5) is 1.23. The molecule has 0 saturated heterocycles. The maximum Gasteiger partial charge on any atom is 0.00601 e. The van der Waals surface area contributed by atoms with Crippen molar-refractivity contribution in [3.05, 3.63) is 83.3 Å². The lowest BCUT2D eigenvalue weighted by atomic mass is 10.1. The number of benzene rings is 1. The van der Waals surface area contributed by atoms with Crippen LogP contribution in [0.3, 0.4) is 0 Å². The SMILES string of the molecule is C=C(CC(=C)C1=CCC=C1)S[C@H](C)CC.CC.Cc1ccccc1. The standard InChI is InChI=1S/C14H20S.C7H8.C2H6/c1-5-12(3)15-13(4)10-11(2)14-8-6-7-9-14;1-7-5-3-2-4-6-7;1-2/h6,8-9,12H,2,4-5,7,10H2,1,3H3;2-6H,1H3;1-2H3/t12-;;/m1../s1. The van der Waals surface area contributed by atoms with E-state index in [4.69, 9.17) is 0 Å². The molecule has 0 aliphatic heterocycles. The molecule has 0 bridgehead atoms. The molecule has 0 radical (unpaired) electrons. The Kier molecular flexibility index (Phi) is 13.1. The smallest absolute Gasteiger partial charge is 0.00601 e. The minimum absolute atomic E-state index is 0.665. The van der Waals surface area contributed by atoms with Crippen molar-refractivity contribution in [3.63, 3.8) is 0 Å². The van der Waals surface area contributed by atoms with Crippen LogP contribution in [0.4, 0.5) is 0 Å². The van der Waals surface area contributed by atoms with Crippen LogP contribution in [0, 0.1) is 6.92 Å². The first kappa shape index (κ1) is 22.5. The molecule has 1 heteroatoms. The molecule has 0 saturated carbocycles. The van der Waals surface area contributed by atoms with Crippen LogP contribution in [0.25, 0.3) is 0 Å². The molecule has 0 unspecified atom stereocenters. The molecule has 0 amide bonds. The van der Waals surface area contributed by atoms with E-state index in [9.17, 15) is 0 Å². The van der Waals surface area contributed by atoms with Crippen molar-refractivity contribution in [2.45, 2.75) is 59.1 Å². The van der Waals surface area contributed by atoms with E-state index in [0.29, 0.717) is 5.25 Å². The van der Waals surface area contributed by atoms with Gasteiger partial charge in [-0.05, 0) is 35.8 Å². The summed E-state index contributed by atoms with van der Waals surface area (Å²) in [6, 6.07) is 10.3. The Morgan fingerprint density at radius 3 is 2.21 bits per heavy atom. The fourth-order valence-electron chi connectivity index (χ4n) is 2.00. The van der Waals surface area contributed by atoms with E-state index in [-0.39, 0.29) is 0 Å². The molecule has 2 rings (SSSR count). The first-order chi connectivity index (χ1) is 11.5. The summed E-state index contributed by atoms with van der Waals surface area (Å²) in [6.45, 7) is 18.8. The number of hydrogen-bond acceptors (Lipinski definition) is 1. The van der Waals surface area contributed by atoms with E-state index in [2.05, 4.69) is 64.3 Å². The highest BCUT2D eigenvalue weighted by atomic mass is 32.2. The van der Waals surface area contributed by atoms with Gasteiger partial charge >= 0.3 is 0 Å². The first-order valence-electron chi connectivity index (χ1n) is 8.93. The molecule has 0 N–H and O–H groups in total. The third kappa shape index (κ3) is 10.3. The van der Waals surface area contributed by atoms with Crippen LogP contribution in [0.2, 0.25) is 0 Å². The molecule has 24 heavy (non-hydrogen) atoms. The minimum atomic E-state index is 0.665. The number of thioether (sulfide) groups is 1. The first-order valence-corrected chi connectivity index (χ1v) is 9.81. The zero-order chi connectivity index (χ0) is 18.4. The van der Waals surface area contributed by atoms with E-state index in [1.807, 2.05) is 43.8 Å². The van der Waals surface area contributed by atoms with E-state index in [1.54, 1.807) is 0 Å². The van der Waals surface area contributed by atoms with E-state index in [0.717, 1.165) is 12.8 Å². The lowest BCUT2D eigenvalue weighted by Gasteiger charge is -2.12. The molecule has 0 aromatic heterocycles. The van der Waals surface area contributed by atoms with Crippen LogP contribution < -0.4 is 0 Å². The Morgan fingerprint density at radius 1 is 1.17 bits per heavy atom. The monoisotopic (exact) mass is 342 g/mol. The lowest BCUT2D eigenvalue weighted by molar-refractivity contribution is 0.908. The molecule has 1 aliphatic rings. The maximum absolute atomic E-state index is 4.12. The van der Waals surface area contributed by atoms with Crippen LogP contribution >= 0.6 is 11.8 Å². The summed E-state index contributed by atoms with van der Waals surface area (Å²) in [5.41, 5.74) is 3.81. The molecule has 1 aliphatic carbocycles. The predicted octanol–water partition coefficient (Wildman–Crippen LogP) is 7.89. The molecule has 1 aromatic rings. The minimum Gasteiger partial charge on any atom is -0.128 e. The van der Waals surface area contributed by atoms with Gasteiger partial charge in [0.05, 0.1) is 0 Å². The molecule has 0 spiro atoms. The van der Waals surface area contributed by atoms with Gasteiger partial charge in [-0.1, -0.05) is 95.0 Å². The van der Waals surface area contributed by atoms with E-state index >= 15 is 0 Å². The summed E-state index contributed by atoms with van der Waals surface area (Å²) < 4.78 is 0. The summed E-state index contributed by atoms with van der Waals surface area (Å²) in [5.74, 6) is 0. The number of aryl methyl sites for hydroxylation is 1. The van der Waals surface area contributed by atoms with Gasteiger partial charge in [0.25, 0.3) is 0 Å². The van der Waals surface area contributed by atoms with Crippen molar-refractivity contribution in [1.82, 2.24) is 0 Å². The second kappa shape index (κ2) is 13.9. The van der Waals surface area contributed by atoms with Gasteiger partial charge in [0, 0.05) is 11.7 Å². The summed E-state index contributed by atoms with van der Waals surface area (Å²) in [7, 11) is 0. The number of hydrogen-bond donors (Lipinski definition) is 0. The molecule has 0 heterocycles. The van der Waals surface area contributed by atoms with Crippen molar-refractivity contribution in [2.75, 3.05) is 0 Å². The van der Waals surface area contributed by atoms with Crippen LogP contribution in [0.5, 0.6) is 0 Å². The Balaban J connectivity index is 0.000000488. The molecule has 1 atom stereocenters. The fourth-order valence-corrected chi connectivity index (χ4v) is 3.00. The van der Waals surface area contributed by atoms with Gasteiger partial charge in [0.15, 0.2) is 0 Å². The van der Waals surface area contributed by atoms with Gasteiger partial charge < -0.3 is 0 Å². The van der Waals surface area contributed by atoms with Crippen molar-refractivity contribution in [2.24, 2.45) is 0 Å². The van der Waals surface area contributed by atoms with Crippen LogP contribution in [0.15, 0.2) is 77.8 Å². The summed E-state index contributed by atoms with van der Waals surface area (Å²) in [5, 5.41) is 0.665. The highest BCUT2D eigenvalue weighted by molar-refractivity contribution is 8.03. The van der Waals surface area contributed by atoms with Gasteiger partial charge in [-0.15, -0.1) is 11.8 Å². The Hall–Kier alpha value is -1.47. The Labute approximate surface area is 154 Å². The molecule has 1 aromatic carbocycles. The zero-order valence-corrected chi connectivity index (χ0v) is 17.0. The molecule has 0 nitrogen and oxygen atoms in total. The van der Waals surface area contributed by atoms with Gasteiger partial charge in [0.1, 0.15) is 0 Å². The summed E-state index contributed by atoms with van der Waals surface area (Å²) in [6.07, 6.45) is 9.72. The second-order valence-corrected chi connectivity index (χ2v) is 7.23. The van der Waals surface area contributed by atoms with E-state index < -0.39 is 0 Å². The third-order valence-electron chi connectivity index (χ3n) is 3.47. The molecular formula is C23H34S. The number of rotatable bonds is 6. The Morgan fingerprint density at radius 2 is 1.79 bits per heavy atom. The van der Waals surface area contributed by atoms with Crippen molar-refractivity contribution in [3.8, 4) is 0 Å². The summed E-state index contributed by atoms with van der Waals surface area (Å²) >= 11 is 1.88. The quantitative estimate of drug-likeness (QED) is 0.506. The maximum atomic E-state index is 4.12. The van der Waals surface area contributed by atoms with Gasteiger partial charge in [-0.3, -0.25) is 0 Å². The van der Waals surface area contributed by atoms with Gasteiger partial charge in [0.2, 0.25) is 0 Å². The van der Waals surface area contributed by atoms with Crippen LogP contribution in [-0.2, 0) is 0 Å². The second-order valence-electron chi connectivity index (χ2n) is 5.61. The van der Waals surface area contributed by atoms with Crippen molar-refractivity contribution >= 4 is 11.8 Å². The predicted molar refractivity (Wildman–Crippen MR) is 115 cm³/mol. The third-order valence-corrected chi connectivity index (χ3v) is 4.69. The normalized spacial score (nSPS) is 13.0. The van der Waals surface area contributed by atoms with Crippen molar-refractivity contribution < 1.29 is 0 Å².